The van der Waals surface area contributed by atoms with Crippen molar-refractivity contribution < 1.29 is 10.2 Å². The number of pyridine rings is 1. The third-order valence-electron chi connectivity index (χ3n) is 2.00. The molecule has 0 spiro atoms. The average molecular weight is 196 g/mol. The van der Waals surface area contributed by atoms with Crippen LogP contribution < -0.4 is 5.32 Å². The van der Waals surface area contributed by atoms with Crippen LogP contribution in [0.1, 0.15) is 11.3 Å². The van der Waals surface area contributed by atoms with Crippen LogP contribution in [0.15, 0.2) is 18.3 Å². The Morgan fingerprint density at radius 1 is 1.57 bits per heavy atom. The summed E-state index contributed by atoms with van der Waals surface area (Å²) >= 11 is 0. The van der Waals surface area contributed by atoms with Gasteiger partial charge in [-0.2, -0.15) is 0 Å². The monoisotopic (exact) mass is 196 g/mol. The Morgan fingerprint density at radius 2 is 2.36 bits per heavy atom. The average Bonchev–Trinajstić information content (AvgIpc) is 2.20. The summed E-state index contributed by atoms with van der Waals surface area (Å²) in [6.07, 6.45) is 1.05. The first-order chi connectivity index (χ1) is 6.74. The van der Waals surface area contributed by atoms with Gasteiger partial charge in [-0.05, 0) is 18.6 Å². The second-order valence-electron chi connectivity index (χ2n) is 3.23. The number of aryl methyl sites for hydroxylation is 1. The molecule has 1 atom stereocenters. The van der Waals surface area contributed by atoms with Crippen LogP contribution in [-0.4, -0.2) is 34.5 Å². The highest BCUT2D eigenvalue weighted by atomic mass is 16.3. The lowest BCUT2D eigenvalue weighted by atomic mass is 10.2. The summed E-state index contributed by atoms with van der Waals surface area (Å²) < 4.78 is 0. The van der Waals surface area contributed by atoms with E-state index < -0.39 is 6.10 Å². The minimum Gasteiger partial charge on any atom is -0.394 e. The molecule has 0 saturated heterocycles. The van der Waals surface area contributed by atoms with Gasteiger partial charge >= 0.3 is 0 Å². The summed E-state index contributed by atoms with van der Waals surface area (Å²) in [6.45, 7) is 2.77. The summed E-state index contributed by atoms with van der Waals surface area (Å²) in [5.41, 5.74) is 2.09. The smallest absolute Gasteiger partial charge is 0.0895 e. The number of aliphatic hydroxyl groups excluding tert-OH is 2. The van der Waals surface area contributed by atoms with Crippen LogP contribution in [0.3, 0.4) is 0 Å². The first-order valence-electron chi connectivity index (χ1n) is 4.64. The van der Waals surface area contributed by atoms with Crippen molar-refractivity contribution in [1.82, 2.24) is 10.3 Å². The summed E-state index contributed by atoms with van der Waals surface area (Å²) in [4.78, 5) is 4.19. The summed E-state index contributed by atoms with van der Waals surface area (Å²) in [7, 11) is 0. The SMILES string of the molecule is Cc1cccnc1CNCC(O)CO. The molecule has 0 aliphatic carbocycles. The van der Waals surface area contributed by atoms with E-state index in [1.54, 1.807) is 6.20 Å². The highest BCUT2D eigenvalue weighted by molar-refractivity contribution is 5.17. The molecule has 0 aliphatic rings. The molecule has 0 aromatic carbocycles. The van der Waals surface area contributed by atoms with Crippen molar-refractivity contribution in [2.24, 2.45) is 0 Å². The molecule has 1 rings (SSSR count). The fourth-order valence-electron chi connectivity index (χ4n) is 1.13. The molecule has 1 heterocycles. The Labute approximate surface area is 83.6 Å². The summed E-state index contributed by atoms with van der Waals surface area (Å²) in [5.74, 6) is 0. The molecule has 4 heteroatoms. The van der Waals surface area contributed by atoms with Crippen LogP contribution in [-0.2, 0) is 6.54 Å². The molecule has 0 saturated carbocycles. The van der Waals surface area contributed by atoms with E-state index in [1.165, 1.54) is 0 Å². The second kappa shape index (κ2) is 5.70. The lowest BCUT2D eigenvalue weighted by Gasteiger charge is -2.09. The van der Waals surface area contributed by atoms with Crippen molar-refractivity contribution in [3.63, 3.8) is 0 Å². The van der Waals surface area contributed by atoms with E-state index in [9.17, 15) is 0 Å². The second-order valence-corrected chi connectivity index (χ2v) is 3.23. The topological polar surface area (TPSA) is 65.4 Å². The van der Waals surface area contributed by atoms with Gasteiger partial charge < -0.3 is 15.5 Å². The van der Waals surface area contributed by atoms with Crippen molar-refractivity contribution in [2.45, 2.75) is 19.6 Å². The van der Waals surface area contributed by atoms with E-state index in [2.05, 4.69) is 10.3 Å². The Bertz CT molecular complexity index is 279. The van der Waals surface area contributed by atoms with E-state index in [-0.39, 0.29) is 6.61 Å². The zero-order valence-electron chi connectivity index (χ0n) is 8.27. The molecule has 1 aromatic rings. The molecule has 4 nitrogen and oxygen atoms in total. The van der Waals surface area contributed by atoms with Crippen LogP contribution in [0.5, 0.6) is 0 Å². The van der Waals surface area contributed by atoms with E-state index >= 15 is 0 Å². The zero-order valence-corrected chi connectivity index (χ0v) is 8.27. The Kier molecular flexibility index (Phi) is 4.52. The summed E-state index contributed by atoms with van der Waals surface area (Å²) in [6, 6.07) is 3.88. The van der Waals surface area contributed by atoms with Gasteiger partial charge in [0.2, 0.25) is 0 Å². The number of hydrogen-bond donors (Lipinski definition) is 3. The van der Waals surface area contributed by atoms with Gasteiger partial charge in [0, 0.05) is 19.3 Å². The largest absolute Gasteiger partial charge is 0.394 e. The molecule has 0 fully saturated rings. The number of aliphatic hydroxyl groups is 2. The minimum absolute atomic E-state index is 0.214. The van der Waals surface area contributed by atoms with Crippen LogP contribution in [0.2, 0.25) is 0 Å². The number of nitrogens with zero attached hydrogens (tertiary/aromatic N) is 1. The maximum absolute atomic E-state index is 9.07. The highest BCUT2D eigenvalue weighted by Gasteiger charge is 2.02. The van der Waals surface area contributed by atoms with Crippen LogP contribution in [0.4, 0.5) is 0 Å². The van der Waals surface area contributed by atoms with Crippen molar-refractivity contribution >= 4 is 0 Å². The molecule has 0 radical (unpaired) electrons. The van der Waals surface area contributed by atoms with Crippen molar-refractivity contribution in [1.29, 1.82) is 0 Å². The standard InChI is InChI=1S/C10H16N2O2/c1-8-3-2-4-12-10(8)6-11-5-9(14)7-13/h2-4,9,11,13-14H,5-7H2,1H3. The quantitative estimate of drug-likeness (QED) is 0.612. The molecular formula is C10H16N2O2. The molecule has 0 aliphatic heterocycles. The van der Waals surface area contributed by atoms with Crippen molar-refractivity contribution in [3.8, 4) is 0 Å². The van der Waals surface area contributed by atoms with E-state index in [0.29, 0.717) is 13.1 Å². The molecule has 78 valence electrons. The molecular weight excluding hydrogens is 180 g/mol. The summed E-state index contributed by atoms with van der Waals surface area (Å²) in [5, 5.41) is 20.7. The van der Waals surface area contributed by atoms with Gasteiger partial charge in [0.25, 0.3) is 0 Å². The Morgan fingerprint density at radius 3 is 3.00 bits per heavy atom. The van der Waals surface area contributed by atoms with Crippen molar-refractivity contribution in [2.75, 3.05) is 13.2 Å². The van der Waals surface area contributed by atoms with Crippen molar-refractivity contribution in [3.05, 3.63) is 29.6 Å². The van der Waals surface area contributed by atoms with E-state index in [1.807, 2.05) is 19.1 Å². The third-order valence-corrected chi connectivity index (χ3v) is 2.00. The predicted octanol–water partition coefficient (Wildman–Crippen LogP) is -0.167. The molecule has 0 bridgehead atoms. The maximum Gasteiger partial charge on any atom is 0.0895 e. The fourth-order valence-corrected chi connectivity index (χ4v) is 1.13. The van der Waals surface area contributed by atoms with Crippen LogP contribution in [0, 0.1) is 6.92 Å². The molecule has 1 unspecified atom stereocenters. The predicted molar refractivity (Wildman–Crippen MR) is 53.8 cm³/mol. The number of hydrogen-bond acceptors (Lipinski definition) is 4. The molecule has 3 N–H and O–H groups in total. The third kappa shape index (κ3) is 3.41. The molecule has 1 aromatic heterocycles. The van der Waals surface area contributed by atoms with Gasteiger partial charge in [0.05, 0.1) is 18.4 Å². The number of aromatic nitrogens is 1. The normalized spacial score (nSPS) is 12.8. The fraction of sp³-hybridized carbons (Fsp3) is 0.500. The Hall–Kier alpha value is -0.970. The molecule has 14 heavy (non-hydrogen) atoms. The maximum atomic E-state index is 9.07. The minimum atomic E-state index is -0.695. The first-order valence-corrected chi connectivity index (χ1v) is 4.64. The number of nitrogens with one attached hydrogen (secondary N) is 1. The van der Waals surface area contributed by atoms with Gasteiger partial charge in [-0.25, -0.2) is 0 Å². The zero-order chi connectivity index (χ0) is 10.4. The lowest BCUT2D eigenvalue weighted by molar-refractivity contribution is 0.0941. The van der Waals surface area contributed by atoms with Gasteiger partial charge in [0.15, 0.2) is 0 Å². The first kappa shape index (κ1) is 11.1. The van der Waals surface area contributed by atoms with Gasteiger partial charge in [-0.3, -0.25) is 4.98 Å². The van der Waals surface area contributed by atoms with Crippen LogP contribution in [0.25, 0.3) is 0 Å². The Balaban J connectivity index is 2.35. The van der Waals surface area contributed by atoms with Gasteiger partial charge in [-0.1, -0.05) is 6.07 Å². The molecule has 0 amide bonds. The van der Waals surface area contributed by atoms with E-state index in [4.69, 9.17) is 10.2 Å². The van der Waals surface area contributed by atoms with E-state index in [0.717, 1.165) is 11.3 Å². The van der Waals surface area contributed by atoms with Gasteiger partial charge in [-0.15, -0.1) is 0 Å². The van der Waals surface area contributed by atoms with Crippen LogP contribution >= 0.6 is 0 Å². The lowest BCUT2D eigenvalue weighted by Crippen LogP contribution is -2.29. The number of rotatable bonds is 5. The van der Waals surface area contributed by atoms with Gasteiger partial charge in [0.1, 0.15) is 0 Å². The highest BCUT2D eigenvalue weighted by Crippen LogP contribution is 2.01.